The van der Waals surface area contributed by atoms with Crippen molar-refractivity contribution < 1.29 is 4.74 Å². The lowest BCUT2D eigenvalue weighted by Crippen LogP contribution is -2.22. The van der Waals surface area contributed by atoms with E-state index in [0.717, 1.165) is 23.4 Å². The highest BCUT2D eigenvalue weighted by atomic mass is 35.5. The summed E-state index contributed by atoms with van der Waals surface area (Å²) in [5.74, 6) is 0.793. The molecular weight excluding hydrogens is 222 g/mol. The van der Waals surface area contributed by atoms with Crippen LogP contribution in [0.3, 0.4) is 0 Å². The largest absolute Gasteiger partial charge is 0.496 e. The molecule has 1 aromatic rings. The van der Waals surface area contributed by atoms with Crippen LogP contribution >= 0.6 is 11.6 Å². The van der Waals surface area contributed by atoms with Crippen LogP contribution in [0.25, 0.3) is 0 Å². The molecule has 0 spiro atoms. The summed E-state index contributed by atoms with van der Waals surface area (Å²) >= 11 is 5.93. The van der Waals surface area contributed by atoms with E-state index in [1.54, 1.807) is 7.11 Å². The predicted molar refractivity (Wildman–Crippen MR) is 69.2 cm³/mol. The van der Waals surface area contributed by atoms with Crippen LogP contribution in [0.5, 0.6) is 5.75 Å². The molecule has 0 radical (unpaired) electrons. The van der Waals surface area contributed by atoms with Gasteiger partial charge in [0.1, 0.15) is 5.75 Å². The van der Waals surface area contributed by atoms with Gasteiger partial charge in [-0.15, -0.1) is 0 Å². The Balaban J connectivity index is 3.12. The second kappa shape index (κ2) is 5.92. The zero-order valence-corrected chi connectivity index (χ0v) is 10.8. The molecule has 0 amide bonds. The first kappa shape index (κ1) is 13.1. The fourth-order valence-corrected chi connectivity index (χ4v) is 1.84. The summed E-state index contributed by atoms with van der Waals surface area (Å²) in [7, 11) is 1.65. The van der Waals surface area contributed by atoms with E-state index in [0.29, 0.717) is 5.02 Å². The van der Waals surface area contributed by atoms with Crippen molar-refractivity contribution in [2.24, 2.45) is 0 Å². The van der Waals surface area contributed by atoms with E-state index in [9.17, 15) is 0 Å². The van der Waals surface area contributed by atoms with E-state index in [4.69, 9.17) is 16.3 Å². The number of nitrogens with one attached hydrogen (secondary N) is 1. The second-order valence-corrected chi connectivity index (χ2v) is 4.16. The van der Waals surface area contributed by atoms with E-state index in [1.165, 1.54) is 0 Å². The van der Waals surface area contributed by atoms with Crippen LogP contribution < -0.4 is 10.1 Å². The van der Waals surface area contributed by atoms with Crippen molar-refractivity contribution >= 4 is 11.6 Å². The maximum atomic E-state index is 5.93. The highest BCUT2D eigenvalue weighted by molar-refractivity contribution is 6.30. The molecule has 0 aliphatic carbocycles. The molecule has 0 saturated carbocycles. The molecule has 0 aromatic heterocycles. The average Bonchev–Trinajstić information content (AvgIpc) is 2.26. The number of likely N-dealkylation sites (N-methyl/N-ethyl adjacent to an activating group) is 1. The van der Waals surface area contributed by atoms with Crippen LogP contribution in [0.4, 0.5) is 0 Å². The van der Waals surface area contributed by atoms with Crippen LogP contribution in [0.2, 0.25) is 5.02 Å². The number of methoxy groups -OCH3 is 1. The summed E-state index contributed by atoms with van der Waals surface area (Å²) < 4.78 is 5.34. The number of hydrogen-bond acceptors (Lipinski definition) is 2. The first-order valence-electron chi connectivity index (χ1n) is 5.32. The number of halogens is 1. The molecule has 2 nitrogen and oxygen atoms in total. The number of rotatable bonds is 5. The van der Waals surface area contributed by atoms with Crippen molar-refractivity contribution in [2.75, 3.05) is 13.7 Å². The molecule has 16 heavy (non-hydrogen) atoms. The van der Waals surface area contributed by atoms with Crippen molar-refractivity contribution in [2.45, 2.75) is 19.9 Å². The van der Waals surface area contributed by atoms with Gasteiger partial charge in [-0.25, -0.2) is 0 Å². The Morgan fingerprint density at radius 2 is 2.25 bits per heavy atom. The Kier molecular flexibility index (Phi) is 4.84. The van der Waals surface area contributed by atoms with Crippen molar-refractivity contribution in [3.63, 3.8) is 0 Å². The monoisotopic (exact) mass is 239 g/mol. The molecule has 1 rings (SSSR count). The minimum absolute atomic E-state index is 0.109. The van der Waals surface area contributed by atoms with E-state index >= 15 is 0 Å². The maximum absolute atomic E-state index is 5.93. The molecule has 0 heterocycles. The van der Waals surface area contributed by atoms with Crippen molar-refractivity contribution in [3.05, 3.63) is 40.9 Å². The Morgan fingerprint density at radius 1 is 1.56 bits per heavy atom. The number of hydrogen-bond donors (Lipinski definition) is 1. The van der Waals surface area contributed by atoms with E-state index in [1.807, 2.05) is 25.1 Å². The van der Waals surface area contributed by atoms with Gasteiger partial charge in [0.05, 0.1) is 13.2 Å². The van der Waals surface area contributed by atoms with Gasteiger partial charge in [-0.1, -0.05) is 36.7 Å². The van der Waals surface area contributed by atoms with Crippen LogP contribution in [0, 0.1) is 0 Å². The Labute approximate surface area is 102 Å². The minimum atomic E-state index is 0.109. The fourth-order valence-electron chi connectivity index (χ4n) is 1.68. The van der Waals surface area contributed by atoms with Gasteiger partial charge in [-0.3, -0.25) is 0 Å². The second-order valence-electron chi connectivity index (χ2n) is 3.72. The standard InChI is InChI=1S/C13H18ClNO/c1-5-15-13(9(2)3)11-7-6-10(14)8-12(11)16-4/h6-8,13,15H,2,5H2,1,3-4H3. The first-order chi connectivity index (χ1) is 7.60. The third-order valence-corrected chi connectivity index (χ3v) is 2.64. The average molecular weight is 240 g/mol. The number of benzene rings is 1. The van der Waals surface area contributed by atoms with Gasteiger partial charge in [0.2, 0.25) is 0 Å². The molecule has 1 atom stereocenters. The van der Waals surface area contributed by atoms with Gasteiger partial charge in [0, 0.05) is 10.6 Å². The van der Waals surface area contributed by atoms with Crippen LogP contribution in [-0.4, -0.2) is 13.7 Å². The summed E-state index contributed by atoms with van der Waals surface area (Å²) in [4.78, 5) is 0. The molecule has 0 saturated heterocycles. The zero-order valence-electron chi connectivity index (χ0n) is 10.0. The minimum Gasteiger partial charge on any atom is -0.496 e. The fraction of sp³-hybridized carbons (Fsp3) is 0.385. The predicted octanol–water partition coefficient (Wildman–Crippen LogP) is 3.58. The van der Waals surface area contributed by atoms with Gasteiger partial charge in [0.25, 0.3) is 0 Å². The molecule has 0 aliphatic heterocycles. The summed E-state index contributed by atoms with van der Waals surface area (Å²) in [6.07, 6.45) is 0. The first-order valence-corrected chi connectivity index (χ1v) is 5.70. The highest BCUT2D eigenvalue weighted by Gasteiger charge is 2.15. The lowest BCUT2D eigenvalue weighted by Gasteiger charge is -2.21. The van der Waals surface area contributed by atoms with Crippen molar-refractivity contribution in [1.82, 2.24) is 5.32 Å². The molecular formula is C13H18ClNO. The molecule has 0 fully saturated rings. The topological polar surface area (TPSA) is 21.3 Å². The summed E-state index contributed by atoms with van der Waals surface area (Å²) in [5, 5.41) is 4.05. The van der Waals surface area contributed by atoms with Gasteiger partial charge in [-0.05, 0) is 25.6 Å². The molecule has 88 valence electrons. The summed E-state index contributed by atoms with van der Waals surface area (Å²) in [5.41, 5.74) is 2.13. The van der Waals surface area contributed by atoms with E-state index in [2.05, 4.69) is 18.8 Å². The Hall–Kier alpha value is -0.990. The molecule has 3 heteroatoms. The van der Waals surface area contributed by atoms with Crippen molar-refractivity contribution in [1.29, 1.82) is 0 Å². The van der Waals surface area contributed by atoms with E-state index in [-0.39, 0.29) is 6.04 Å². The summed E-state index contributed by atoms with van der Waals surface area (Å²) in [6, 6.07) is 5.78. The van der Waals surface area contributed by atoms with Gasteiger partial charge >= 0.3 is 0 Å². The van der Waals surface area contributed by atoms with Crippen molar-refractivity contribution in [3.8, 4) is 5.75 Å². The Morgan fingerprint density at radius 3 is 2.75 bits per heavy atom. The smallest absolute Gasteiger partial charge is 0.125 e. The molecule has 0 bridgehead atoms. The quantitative estimate of drug-likeness (QED) is 0.794. The molecule has 1 aromatic carbocycles. The van der Waals surface area contributed by atoms with Gasteiger partial charge in [0.15, 0.2) is 0 Å². The van der Waals surface area contributed by atoms with Crippen LogP contribution in [0.15, 0.2) is 30.4 Å². The molecule has 1 unspecified atom stereocenters. The lowest BCUT2D eigenvalue weighted by atomic mass is 10.00. The lowest BCUT2D eigenvalue weighted by molar-refractivity contribution is 0.404. The normalized spacial score (nSPS) is 12.2. The van der Waals surface area contributed by atoms with Gasteiger partial charge in [-0.2, -0.15) is 0 Å². The molecule has 1 N–H and O–H groups in total. The van der Waals surface area contributed by atoms with Crippen LogP contribution in [0.1, 0.15) is 25.5 Å². The number of ether oxygens (including phenoxy) is 1. The third kappa shape index (κ3) is 3.00. The zero-order chi connectivity index (χ0) is 12.1. The maximum Gasteiger partial charge on any atom is 0.125 e. The van der Waals surface area contributed by atoms with Crippen LogP contribution in [-0.2, 0) is 0 Å². The summed E-state index contributed by atoms with van der Waals surface area (Å²) in [6.45, 7) is 8.94. The van der Waals surface area contributed by atoms with E-state index < -0.39 is 0 Å². The van der Waals surface area contributed by atoms with Gasteiger partial charge < -0.3 is 10.1 Å². The molecule has 0 aliphatic rings. The third-order valence-electron chi connectivity index (χ3n) is 2.41. The highest BCUT2D eigenvalue weighted by Crippen LogP contribution is 2.31. The Bertz CT molecular complexity index is 376. The SMILES string of the molecule is C=C(C)C(NCC)c1ccc(Cl)cc1OC.